The lowest BCUT2D eigenvalue weighted by Gasteiger charge is -2.09. The van der Waals surface area contributed by atoms with Crippen molar-refractivity contribution >= 4 is 5.69 Å². The Bertz CT molecular complexity index is 852. The van der Waals surface area contributed by atoms with E-state index in [4.69, 9.17) is 0 Å². The molecule has 0 bridgehead atoms. The van der Waals surface area contributed by atoms with Crippen molar-refractivity contribution in [3.63, 3.8) is 0 Å². The first-order valence-corrected chi connectivity index (χ1v) is 8.10. The van der Waals surface area contributed by atoms with E-state index in [2.05, 4.69) is 5.32 Å². The van der Waals surface area contributed by atoms with Crippen LogP contribution in [-0.2, 0) is 26.9 Å². The van der Waals surface area contributed by atoms with Gasteiger partial charge >= 0.3 is 5.69 Å². The number of non-ortho nitro benzene ring substituents is 1. The van der Waals surface area contributed by atoms with Gasteiger partial charge in [-0.3, -0.25) is 19.5 Å². The average Bonchev–Trinajstić information content (AvgIpc) is 2.60. The standard InChI is InChI=1S/C17H22N4O4/c1-19-15(12-16(22)20(2)17(19)23)4-3-10-18-11-9-13-5-7-14(8-6-13)21(24)25/h5-8,12,18H,3-4,9-11H2,1-2H3. The average molecular weight is 346 g/mol. The highest BCUT2D eigenvalue weighted by Gasteiger charge is 2.06. The van der Waals surface area contributed by atoms with Gasteiger partial charge in [-0.05, 0) is 37.9 Å². The third-order valence-corrected chi connectivity index (χ3v) is 4.15. The molecule has 2 rings (SSSR count). The fraction of sp³-hybridized carbons (Fsp3) is 0.412. The second kappa shape index (κ2) is 8.39. The molecule has 0 aliphatic heterocycles. The molecule has 1 N–H and O–H groups in total. The second-order valence-corrected chi connectivity index (χ2v) is 5.90. The molecule has 134 valence electrons. The summed E-state index contributed by atoms with van der Waals surface area (Å²) in [4.78, 5) is 33.7. The minimum absolute atomic E-state index is 0.0938. The molecular formula is C17H22N4O4. The Morgan fingerprint density at radius 1 is 1.04 bits per heavy atom. The summed E-state index contributed by atoms with van der Waals surface area (Å²) in [7, 11) is 3.13. The molecule has 0 saturated heterocycles. The number of nitrogens with zero attached hydrogens (tertiary/aromatic N) is 3. The first-order valence-electron chi connectivity index (χ1n) is 8.10. The summed E-state index contributed by atoms with van der Waals surface area (Å²) in [6, 6.07) is 8.03. The van der Waals surface area contributed by atoms with Crippen molar-refractivity contribution in [2.75, 3.05) is 13.1 Å². The van der Waals surface area contributed by atoms with E-state index in [0.29, 0.717) is 6.42 Å². The Morgan fingerprint density at radius 2 is 1.72 bits per heavy atom. The van der Waals surface area contributed by atoms with Crippen molar-refractivity contribution in [3.8, 4) is 0 Å². The monoisotopic (exact) mass is 346 g/mol. The van der Waals surface area contributed by atoms with Gasteiger partial charge in [0.05, 0.1) is 4.92 Å². The van der Waals surface area contributed by atoms with Gasteiger partial charge in [0.1, 0.15) is 0 Å². The fourth-order valence-electron chi connectivity index (χ4n) is 2.55. The molecule has 0 atom stereocenters. The molecule has 0 aliphatic carbocycles. The highest BCUT2D eigenvalue weighted by molar-refractivity contribution is 5.32. The molecule has 0 aliphatic rings. The van der Waals surface area contributed by atoms with Crippen LogP contribution in [0.25, 0.3) is 0 Å². The van der Waals surface area contributed by atoms with Gasteiger partial charge in [0, 0.05) is 38.0 Å². The highest BCUT2D eigenvalue weighted by Crippen LogP contribution is 2.11. The predicted molar refractivity (Wildman–Crippen MR) is 94.9 cm³/mol. The molecule has 0 amide bonds. The topological polar surface area (TPSA) is 99.2 Å². The van der Waals surface area contributed by atoms with Crippen LogP contribution in [-0.4, -0.2) is 27.1 Å². The number of hydrogen-bond acceptors (Lipinski definition) is 5. The lowest BCUT2D eigenvalue weighted by Crippen LogP contribution is -2.38. The predicted octanol–water partition coefficient (Wildman–Crippen LogP) is 0.757. The van der Waals surface area contributed by atoms with Gasteiger partial charge in [-0.25, -0.2) is 4.79 Å². The van der Waals surface area contributed by atoms with Crippen molar-refractivity contribution in [2.45, 2.75) is 19.3 Å². The Labute approximate surface area is 144 Å². The lowest BCUT2D eigenvalue weighted by molar-refractivity contribution is -0.384. The number of hydrogen-bond donors (Lipinski definition) is 1. The zero-order valence-electron chi connectivity index (χ0n) is 14.4. The van der Waals surface area contributed by atoms with Gasteiger partial charge in [0.15, 0.2) is 0 Å². The molecule has 0 unspecified atom stereocenters. The molecule has 2 aromatic rings. The number of nitro groups is 1. The summed E-state index contributed by atoms with van der Waals surface area (Å²) in [6.07, 6.45) is 2.23. The molecular weight excluding hydrogens is 324 g/mol. The highest BCUT2D eigenvalue weighted by atomic mass is 16.6. The molecule has 0 fully saturated rings. The third kappa shape index (κ3) is 4.87. The minimum atomic E-state index is -0.410. The van der Waals surface area contributed by atoms with Crippen molar-refractivity contribution in [2.24, 2.45) is 14.1 Å². The summed E-state index contributed by atoms with van der Waals surface area (Å²) in [5.74, 6) is 0. The van der Waals surface area contributed by atoms with Crippen LogP contribution in [0.4, 0.5) is 5.69 Å². The Balaban J connectivity index is 1.74. The summed E-state index contributed by atoms with van der Waals surface area (Å²) >= 11 is 0. The van der Waals surface area contributed by atoms with Crippen LogP contribution in [0.2, 0.25) is 0 Å². The van der Waals surface area contributed by atoms with Gasteiger partial charge in [-0.2, -0.15) is 0 Å². The van der Waals surface area contributed by atoms with E-state index in [1.165, 1.54) is 29.8 Å². The zero-order valence-corrected chi connectivity index (χ0v) is 14.4. The fourth-order valence-corrected chi connectivity index (χ4v) is 2.55. The summed E-state index contributed by atoms with van der Waals surface area (Å²) in [5, 5.41) is 13.9. The first kappa shape index (κ1) is 18.6. The van der Waals surface area contributed by atoms with E-state index in [1.54, 1.807) is 19.2 Å². The number of aryl methyl sites for hydroxylation is 1. The van der Waals surface area contributed by atoms with E-state index in [-0.39, 0.29) is 16.9 Å². The summed E-state index contributed by atoms with van der Waals surface area (Å²) in [6.45, 7) is 1.52. The minimum Gasteiger partial charge on any atom is -0.316 e. The van der Waals surface area contributed by atoms with Crippen molar-refractivity contribution in [1.29, 1.82) is 0 Å². The number of nitrogens with one attached hydrogen (secondary N) is 1. The maximum absolute atomic E-state index is 11.8. The van der Waals surface area contributed by atoms with Crippen molar-refractivity contribution in [3.05, 3.63) is 72.5 Å². The van der Waals surface area contributed by atoms with Crippen molar-refractivity contribution < 1.29 is 4.92 Å². The van der Waals surface area contributed by atoms with E-state index in [1.807, 2.05) is 0 Å². The second-order valence-electron chi connectivity index (χ2n) is 5.90. The number of nitro benzene ring substituents is 1. The summed E-state index contributed by atoms with van der Waals surface area (Å²) in [5.41, 5.74) is 1.26. The normalized spacial score (nSPS) is 10.8. The maximum Gasteiger partial charge on any atom is 0.330 e. The number of rotatable bonds is 8. The van der Waals surface area contributed by atoms with E-state index in [9.17, 15) is 19.7 Å². The van der Waals surface area contributed by atoms with Crippen LogP contribution in [0, 0.1) is 10.1 Å². The van der Waals surface area contributed by atoms with Gasteiger partial charge in [-0.1, -0.05) is 12.1 Å². The van der Waals surface area contributed by atoms with Gasteiger partial charge in [0.25, 0.3) is 11.2 Å². The summed E-state index contributed by atoms with van der Waals surface area (Å²) < 4.78 is 2.59. The Kier molecular flexibility index (Phi) is 6.24. The molecule has 1 heterocycles. The molecule has 8 heteroatoms. The molecule has 0 spiro atoms. The maximum atomic E-state index is 11.8. The Hall–Kier alpha value is -2.74. The van der Waals surface area contributed by atoms with E-state index >= 15 is 0 Å². The van der Waals surface area contributed by atoms with Gasteiger partial charge in [0.2, 0.25) is 0 Å². The van der Waals surface area contributed by atoms with Crippen LogP contribution in [0.5, 0.6) is 0 Å². The van der Waals surface area contributed by atoms with Crippen molar-refractivity contribution in [1.82, 2.24) is 14.5 Å². The van der Waals surface area contributed by atoms with Crippen LogP contribution >= 0.6 is 0 Å². The van der Waals surface area contributed by atoms with Crippen LogP contribution in [0.3, 0.4) is 0 Å². The van der Waals surface area contributed by atoms with Crippen LogP contribution in [0.15, 0.2) is 39.9 Å². The number of benzene rings is 1. The van der Waals surface area contributed by atoms with Crippen LogP contribution in [0.1, 0.15) is 17.7 Å². The van der Waals surface area contributed by atoms with E-state index < -0.39 is 4.92 Å². The van der Waals surface area contributed by atoms with Gasteiger partial charge < -0.3 is 9.88 Å². The molecule has 1 aromatic carbocycles. The largest absolute Gasteiger partial charge is 0.330 e. The van der Waals surface area contributed by atoms with Crippen LogP contribution < -0.4 is 16.6 Å². The first-order chi connectivity index (χ1) is 11.9. The smallest absolute Gasteiger partial charge is 0.316 e. The zero-order chi connectivity index (χ0) is 18.4. The molecule has 25 heavy (non-hydrogen) atoms. The molecule has 0 radical (unpaired) electrons. The number of aromatic nitrogens is 2. The quantitative estimate of drug-likeness (QED) is 0.432. The molecule has 1 aromatic heterocycles. The van der Waals surface area contributed by atoms with E-state index in [0.717, 1.165) is 41.8 Å². The molecule has 0 saturated carbocycles. The molecule has 8 nitrogen and oxygen atoms in total. The third-order valence-electron chi connectivity index (χ3n) is 4.15. The SMILES string of the molecule is Cn1c(CCCNCCc2ccc([N+](=O)[O-])cc2)cc(=O)n(C)c1=O. The lowest BCUT2D eigenvalue weighted by atomic mass is 10.1. The van der Waals surface area contributed by atoms with Gasteiger partial charge in [-0.15, -0.1) is 0 Å². The Morgan fingerprint density at radius 3 is 2.36 bits per heavy atom.